The minimum absolute atomic E-state index is 0.295. The van der Waals surface area contributed by atoms with E-state index in [0.717, 1.165) is 41.7 Å². The number of aromatic amines is 1. The van der Waals surface area contributed by atoms with Crippen LogP contribution in [0.3, 0.4) is 0 Å². The monoisotopic (exact) mass is 322 g/mol. The number of rotatable bonds is 0. The number of likely N-dealkylation sites (tertiary alicyclic amines) is 1. The highest BCUT2D eigenvalue weighted by molar-refractivity contribution is 5.86. The molecule has 2 aliphatic rings. The van der Waals surface area contributed by atoms with E-state index in [0.29, 0.717) is 17.8 Å². The molecule has 1 N–H and O–H groups in total. The van der Waals surface area contributed by atoms with Crippen LogP contribution in [0.4, 0.5) is 13.2 Å². The lowest BCUT2D eigenvalue weighted by Gasteiger charge is -2.43. The fourth-order valence-electron chi connectivity index (χ4n) is 4.62. The number of hydrogen-bond donors (Lipinski definition) is 1. The molecule has 1 aromatic heterocycles. The largest absolute Gasteiger partial charge is 0.416 e. The molecular formula is C18H21F3N2. The Balaban J connectivity index is 1.83. The number of alkyl halides is 3. The van der Waals surface area contributed by atoms with Crippen molar-refractivity contribution in [2.75, 3.05) is 20.1 Å². The summed E-state index contributed by atoms with van der Waals surface area (Å²) in [6.07, 6.45) is -2.15. The summed E-state index contributed by atoms with van der Waals surface area (Å²) in [5, 5.41) is 0.758. The lowest BCUT2D eigenvalue weighted by Crippen LogP contribution is -2.43. The lowest BCUT2D eigenvalue weighted by molar-refractivity contribution is -0.137. The predicted octanol–water partition coefficient (Wildman–Crippen LogP) is 4.41. The molecule has 1 aromatic carbocycles. The zero-order chi connectivity index (χ0) is 16.4. The summed E-state index contributed by atoms with van der Waals surface area (Å²) in [5.74, 6) is 1.47. The van der Waals surface area contributed by atoms with Crippen LogP contribution in [0.15, 0.2) is 18.2 Å². The number of hydrogen-bond acceptors (Lipinski definition) is 1. The minimum atomic E-state index is -4.29. The van der Waals surface area contributed by atoms with E-state index in [1.165, 1.54) is 18.6 Å². The average Bonchev–Trinajstić information content (AvgIpc) is 2.85. The van der Waals surface area contributed by atoms with Crippen LogP contribution in [0.2, 0.25) is 0 Å². The fourth-order valence-corrected chi connectivity index (χ4v) is 4.62. The Morgan fingerprint density at radius 3 is 2.78 bits per heavy atom. The molecule has 1 aliphatic heterocycles. The van der Waals surface area contributed by atoms with Crippen LogP contribution < -0.4 is 0 Å². The molecule has 2 nitrogen and oxygen atoms in total. The van der Waals surface area contributed by atoms with Gasteiger partial charge < -0.3 is 9.88 Å². The highest BCUT2D eigenvalue weighted by Gasteiger charge is 2.39. The standard InChI is InChI=1S/C18H21F3N2/c1-10-14-9-23(2)6-5-11(14)7-16-17(10)13-8-12(18(19,20)21)3-4-15(13)22-16/h3-4,8,10-11,14,22H,5-7,9H2,1-2H3. The molecule has 124 valence electrons. The molecule has 1 saturated heterocycles. The maximum Gasteiger partial charge on any atom is 0.416 e. The molecule has 23 heavy (non-hydrogen) atoms. The fraction of sp³-hybridized carbons (Fsp3) is 0.556. The van der Waals surface area contributed by atoms with Crippen LogP contribution in [-0.2, 0) is 12.6 Å². The van der Waals surface area contributed by atoms with E-state index in [2.05, 4.69) is 23.9 Å². The third-order valence-electron chi connectivity index (χ3n) is 5.82. The van der Waals surface area contributed by atoms with E-state index in [1.54, 1.807) is 6.07 Å². The third kappa shape index (κ3) is 2.36. The van der Waals surface area contributed by atoms with E-state index in [1.807, 2.05) is 0 Å². The van der Waals surface area contributed by atoms with Gasteiger partial charge in [-0.1, -0.05) is 6.92 Å². The highest BCUT2D eigenvalue weighted by atomic mass is 19.4. The van der Waals surface area contributed by atoms with Gasteiger partial charge in [-0.25, -0.2) is 0 Å². The summed E-state index contributed by atoms with van der Waals surface area (Å²) in [6.45, 7) is 4.33. The van der Waals surface area contributed by atoms with Crippen molar-refractivity contribution in [2.24, 2.45) is 11.8 Å². The van der Waals surface area contributed by atoms with Gasteiger partial charge in [-0.05, 0) is 68.0 Å². The van der Waals surface area contributed by atoms with Crippen LogP contribution in [0.25, 0.3) is 10.9 Å². The van der Waals surface area contributed by atoms with Gasteiger partial charge in [0.05, 0.1) is 5.56 Å². The van der Waals surface area contributed by atoms with Gasteiger partial charge in [0.25, 0.3) is 0 Å². The molecular weight excluding hydrogens is 301 g/mol. The molecule has 2 heterocycles. The molecule has 1 fully saturated rings. The first-order valence-corrected chi connectivity index (χ1v) is 8.25. The third-order valence-corrected chi connectivity index (χ3v) is 5.82. The molecule has 5 heteroatoms. The van der Waals surface area contributed by atoms with Gasteiger partial charge in [-0.2, -0.15) is 13.2 Å². The molecule has 0 radical (unpaired) electrons. The first-order chi connectivity index (χ1) is 10.8. The van der Waals surface area contributed by atoms with E-state index in [-0.39, 0.29) is 0 Å². The van der Waals surface area contributed by atoms with Crippen molar-refractivity contribution in [1.29, 1.82) is 0 Å². The number of nitrogens with zero attached hydrogens (tertiary/aromatic N) is 1. The van der Waals surface area contributed by atoms with E-state index in [9.17, 15) is 13.2 Å². The first kappa shape index (κ1) is 15.1. The molecule has 0 saturated carbocycles. The van der Waals surface area contributed by atoms with Crippen molar-refractivity contribution in [2.45, 2.75) is 31.9 Å². The van der Waals surface area contributed by atoms with Crippen LogP contribution in [0, 0.1) is 11.8 Å². The minimum Gasteiger partial charge on any atom is -0.358 e. The number of piperidine rings is 1. The van der Waals surface area contributed by atoms with Crippen molar-refractivity contribution < 1.29 is 13.2 Å². The van der Waals surface area contributed by atoms with Gasteiger partial charge in [0.1, 0.15) is 0 Å². The summed E-state index contributed by atoms with van der Waals surface area (Å²) >= 11 is 0. The van der Waals surface area contributed by atoms with Crippen molar-refractivity contribution in [3.05, 3.63) is 35.0 Å². The van der Waals surface area contributed by atoms with Gasteiger partial charge in [-0.15, -0.1) is 0 Å². The van der Waals surface area contributed by atoms with Crippen molar-refractivity contribution in [3.63, 3.8) is 0 Å². The topological polar surface area (TPSA) is 19.0 Å². The van der Waals surface area contributed by atoms with Crippen molar-refractivity contribution in [3.8, 4) is 0 Å². The van der Waals surface area contributed by atoms with Crippen LogP contribution >= 0.6 is 0 Å². The molecule has 2 aromatic rings. The summed E-state index contributed by atoms with van der Waals surface area (Å²) in [4.78, 5) is 5.73. The van der Waals surface area contributed by atoms with Gasteiger partial charge in [0.2, 0.25) is 0 Å². The summed E-state index contributed by atoms with van der Waals surface area (Å²) in [5.41, 5.74) is 2.55. The summed E-state index contributed by atoms with van der Waals surface area (Å²) in [7, 11) is 2.13. The maximum absolute atomic E-state index is 13.1. The quantitative estimate of drug-likeness (QED) is 0.761. The number of benzene rings is 1. The molecule has 1 aliphatic carbocycles. The summed E-state index contributed by atoms with van der Waals surface area (Å²) < 4.78 is 39.2. The second kappa shape index (κ2) is 5.00. The Kier molecular flexibility index (Phi) is 3.28. The van der Waals surface area contributed by atoms with Gasteiger partial charge in [0, 0.05) is 23.1 Å². The Labute approximate surface area is 133 Å². The molecule has 4 rings (SSSR count). The Morgan fingerprint density at radius 2 is 2.04 bits per heavy atom. The van der Waals surface area contributed by atoms with Gasteiger partial charge in [-0.3, -0.25) is 0 Å². The molecule has 3 unspecified atom stereocenters. The van der Waals surface area contributed by atoms with E-state index >= 15 is 0 Å². The second-order valence-electron chi connectivity index (χ2n) is 7.24. The van der Waals surface area contributed by atoms with Crippen molar-refractivity contribution in [1.82, 2.24) is 9.88 Å². The number of fused-ring (bicyclic) bond motifs is 4. The van der Waals surface area contributed by atoms with Gasteiger partial charge >= 0.3 is 6.18 Å². The smallest absolute Gasteiger partial charge is 0.358 e. The zero-order valence-electron chi connectivity index (χ0n) is 13.4. The van der Waals surface area contributed by atoms with Crippen LogP contribution in [0.5, 0.6) is 0 Å². The van der Waals surface area contributed by atoms with Crippen LogP contribution in [-0.4, -0.2) is 30.0 Å². The van der Waals surface area contributed by atoms with E-state index in [4.69, 9.17) is 0 Å². The second-order valence-corrected chi connectivity index (χ2v) is 7.24. The highest BCUT2D eigenvalue weighted by Crippen LogP contribution is 2.46. The van der Waals surface area contributed by atoms with Crippen molar-refractivity contribution >= 4 is 10.9 Å². The number of nitrogens with one attached hydrogen (secondary N) is 1. The normalized spacial score (nSPS) is 28.7. The van der Waals surface area contributed by atoms with E-state index < -0.39 is 11.7 Å². The van der Waals surface area contributed by atoms with Gasteiger partial charge in [0.15, 0.2) is 0 Å². The molecule has 0 amide bonds. The molecule has 3 atom stereocenters. The molecule has 0 bridgehead atoms. The van der Waals surface area contributed by atoms with Crippen LogP contribution in [0.1, 0.15) is 36.1 Å². The first-order valence-electron chi connectivity index (χ1n) is 8.25. The lowest BCUT2D eigenvalue weighted by atomic mass is 9.68. The number of aromatic nitrogens is 1. The average molecular weight is 322 g/mol. The summed E-state index contributed by atoms with van der Waals surface area (Å²) in [6, 6.07) is 4.09. The Hall–Kier alpha value is -1.49. The number of H-pyrrole nitrogens is 1. The Bertz CT molecular complexity index is 747. The zero-order valence-corrected chi connectivity index (χ0v) is 13.4. The SMILES string of the molecule is CC1c2c([nH]c3ccc(C(F)(F)F)cc23)CC2CCN(C)CC21. The molecule has 0 spiro atoms. The maximum atomic E-state index is 13.1. The number of halogens is 3. The predicted molar refractivity (Wildman–Crippen MR) is 84.5 cm³/mol. The Morgan fingerprint density at radius 1 is 1.26 bits per heavy atom.